The molecular formula is C23H32ClN3O6S. The molecule has 1 aromatic carbocycles. The Balaban J connectivity index is 0.00000408. The first kappa shape index (κ1) is 28.0. The average molecular weight is 514 g/mol. The van der Waals surface area contributed by atoms with Crippen molar-refractivity contribution >= 4 is 28.3 Å². The van der Waals surface area contributed by atoms with Crippen molar-refractivity contribution < 1.29 is 27.9 Å². The number of hydrogen-bond acceptors (Lipinski definition) is 7. The van der Waals surface area contributed by atoms with Crippen molar-refractivity contribution in [1.82, 2.24) is 14.8 Å². The molecule has 0 aliphatic heterocycles. The molecule has 1 saturated carbocycles. The summed E-state index contributed by atoms with van der Waals surface area (Å²) in [5.74, 6) is -0.502. The zero-order chi connectivity index (χ0) is 23.8. The van der Waals surface area contributed by atoms with Crippen LogP contribution in [0.25, 0.3) is 0 Å². The van der Waals surface area contributed by atoms with E-state index >= 15 is 0 Å². The molecule has 1 fully saturated rings. The Hall–Kier alpha value is -2.24. The Morgan fingerprint density at radius 1 is 1.15 bits per heavy atom. The fraction of sp³-hybridized carbons (Fsp3) is 0.478. The molecule has 1 atom stereocenters. The molecule has 0 saturated heterocycles. The Kier molecular flexibility index (Phi) is 10.7. The van der Waals surface area contributed by atoms with E-state index in [-0.39, 0.29) is 35.9 Å². The number of hydroxylamine groups is 1. The predicted molar refractivity (Wildman–Crippen MR) is 128 cm³/mol. The zero-order valence-corrected chi connectivity index (χ0v) is 20.9. The fourth-order valence-electron chi connectivity index (χ4n) is 4.34. The van der Waals surface area contributed by atoms with Crippen LogP contribution in [0.2, 0.25) is 0 Å². The van der Waals surface area contributed by atoms with Crippen LogP contribution in [0.4, 0.5) is 0 Å². The van der Waals surface area contributed by atoms with Gasteiger partial charge in [-0.25, -0.2) is 13.9 Å². The maximum absolute atomic E-state index is 13.8. The highest BCUT2D eigenvalue weighted by Gasteiger charge is 2.42. The number of halogens is 1. The van der Waals surface area contributed by atoms with E-state index in [2.05, 4.69) is 4.98 Å². The van der Waals surface area contributed by atoms with Crippen molar-refractivity contribution in [2.45, 2.75) is 56.2 Å². The SMILES string of the molecule is CCOC1CCC([C@H](C(=O)NO)N(Cc2ccncc2)S(=O)(=O)c2ccc(OC)cc2)CC1.Cl. The van der Waals surface area contributed by atoms with Gasteiger partial charge in [0.1, 0.15) is 11.8 Å². The van der Waals surface area contributed by atoms with Gasteiger partial charge in [-0.15, -0.1) is 12.4 Å². The fourth-order valence-corrected chi connectivity index (χ4v) is 5.97. The number of pyridine rings is 1. The summed E-state index contributed by atoms with van der Waals surface area (Å²) in [6.45, 7) is 2.50. The third-order valence-corrected chi connectivity index (χ3v) is 7.85. The first-order chi connectivity index (χ1) is 15.9. The number of nitrogens with one attached hydrogen (secondary N) is 1. The molecule has 0 unspecified atom stereocenters. The minimum atomic E-state index is -4.10. The normalized spacial score (nSPS) is 19.2. The summed E-state index contributed by atoms with van der Waals surface area (Å²) in [5, 5.41) is 9.52. The highest BCUT2D eigenvalue weighted by molar-refractivity contribution is 7.89. The summed E-state index contributed by atoms with van der Waals surface area (Å²) in [7, 11) is -2.60. The minimum absolute atomic E-state index is 0. The molecule has 0 bridgehead atoms. The number of sulfonamides is 1. The number of carbonyl (C=O) groups excluding carboxylic acids is 1. The topological polar surface area (TPSA) is 118 Å². The number of benzene rings is 1. The van der Waals surface area contributed by atoms with Gasteiger partial charge in [0.2, 0.25) is 10.0 Å². The van der Waals surface area contributed by atoms with Gasteiger partial charge in [-0.1, -0.05) is 0 Å². The van der Waals surface area contributed by atoms with Gasteiger partial charge in [-0.3, -0.25) is 15.0 Å². The number of methoxy groups -OCH3 is 1. The van der Waals surface area contributed by atoms with E-state index < -0.39 is 22.0 Å². The standard InChI is InChI=1S/C23H31N3O6S.ClH/c1-3-32-20-6-4-18(5-7-20)22(23(27)25-28)26(16-17-12-14-24-15-13-17)33(29,30)21-10-8-19(31-2)9-11-21;/h8-15,18,20,22,28H,3-7,16H2,1-2H3,(H,25,27);1H/t18?,20?,22-;/m1./s1. The largest absolute Gasteiger partial charge is 0.497 e. The maximum atomic E-state index is 13.8. The number of amides is 1. The summed E-state index contributed by atoms with van der Waals surface area (Å²) in [6, 6.07) is 8.35. The van der Waals surface area contributed by atoms with Crippen molar-refractivity contribution in [2.75, 3.05) is 13.7 Å². The van der Waals surface area contributed by atoms with Crippen LogP contribution in [-0.2, 0) is 26.1 Å². The predicted octanol–water partition coefficient (Wildman–Crippen LogP) is 3.17. The lowest BCUT2D eigenvalue weighted by molar-refractivity contribution is -0.136. The van der Waals surface area contributed by atoms with Crippen LogP contribution in [0.3, 0.4) is 0 Å². The van der Waals surface area contributed by atoms with Crippen molar-refractivity contribution in [3.05, 3.63) is 54.4 Å². The highest BCUT2D eigenvalue weighted by Crippen LogP contribution is 2.34. The van der Waals surface area contributed by atoms with Crippen LogP contribution in [0.5, 0.6) is 5.75 Å². The number of carbonyl (C=O) groups is 1. The van der Waals surface area contributed by atoms with Gasteiger partial charge in [-0.05, 0) is 80.5 Å². The van der Waals surface area contributed by atoms with Crippen LogP contribution < -0.4 is 10.2 Å². The molecule has 1 heterocycles. The van der Waals surface area contributed by atoms with E-state index in [1.807, 2.05) is 6.92 Å². The quantitative estimate of drug-likeness (QED) is 0.370. The van der Waals surface area contributed by atoms with Gasteiger partial charge in [0, 0.05) is 25.5 Å². The van der Waals surface area contributed by atoms with E-state index in [1.165, 1.54) is 23.5 Å². The van der Waals surface area contributed by atoms with Gasteiger partial charge in [-0.2, -0.15) is 4.31 Å². The van der Waals surface area contributed by atoms with E-state index in [0.29, 0.717) is 30.8 Å². The summed E-state index contributed by atoms with van der Waals surface area (Å²) < 4.78 is 39.6. The number of aromatic nitrogens is 1. The molecular weight excluding hydrogens is 482 g/mol. The van der Waals surface area contributed by atoms with Crippen molar-refractivity contribution in [3.8, 4) is 5.75 Å². The summed E-state index contributed by atoms with van der Waals surface area (Å²) in [6.07, 6.45) is 5.89. The minimum Gasteiger partial charge on any atom is -0.497 e. The van der Waals surface area contributed by atoms with Crippen molar-refractivity contribution in [3.63, 3.8) is 0 Å². The van der Waals surface area contributed by atoms with Crippen molar-refractivity contribution in [1.29, 1.82) is 0 Å². The van der Waals surface area contributed by atoms with E-state index in [0.717, 1.165) is 12.8 Å². The Morgan fingerprint density at radius 2 is 1.76 bits per heavy atom. The molecule has 1 amide bonds. The number of nitrogens with zero attached hydrogens (tertiary/aromatic N) is 2. The van der Waals surface area contributed by atoms with Crippen molar-refractivity contribution in [2.24, 2.45) is 5.92 Å². The molecule has 11 heteroatoms. The highest BCUT2D eigenvalue weighted by atomic mass is 35.5. The van der Waals surface area contributed by atoms with Crippen LogP contribution in [0.15, 0.2) is 53.7 Å². The third-order valence-electron chi connectivity index (χ3n) is 6.01. The molecule has 2 aromatic rings. The van der Waals surface area contributed by atoms with Gasteiger partial charge in [0.05, 0.1) is 18.1 Å². The summed E-state index contributed by atoms with van der Waals surface area (Å²) in [5.41, 5.74) is 2.38. The Bertz CT molecular complexity index is 999. The molecule has 9 nitrogen and oxygen atoms in total. The van der Waals surface area contributed by atoms with Crippen LogP contribution in [0.1, 0.15) is 38.2 Å². The second-order valence-electron chi connectivity index (χ2n) is 7.99. The monoisotopic (exact) mass is 513 g/mol. The molecule has 188 valence electrons. The maximum Gasteiger partial charge on any atom is 0.262 e. The van der Waals surface area contributed by atoms with E-state index in [4.69, 9.17) is 9.47 Å². The Labute approximate surface area is 206 Å². The van der Waals surface area contributed by atoms with Gasteiger partial charge < -0.3 is 9.47 Å². The van der Waals surface area contributed by atoms with Gasteiger partial charge in [0.15, 0.2) is 0 Å². The molecule has 1 aliphatic carbocycles. The average Bonchev–Trinajstić information content (AvgIpc) is 2.85. The summed E-state index contributed by atoms with van der Waals surface area (Å²) >= 11 is 0. The lowest BCUT2D eigenvalue weighted by Crippen LogP contribution is -2.53. The second-order valence-corrected chi connectivity index (χ2v) is 9.88. The second kappa shape index (κ2) is 13.0. The first-order valence-electron chi connectivity index (χ1n) is 11.0. The molecule has 34 heavy (non-hydrogen) atoms. The van der Waals surface area contributed by atoms with Crippen LogP contribution >= 0.6 is 12.4 Å². The Morgan fingerprint density at radius 3 is 2.29 bits per heavy atom. The molecule has 1 aromatic heterocycles. The van der Waals surface area contributed by atoms with Crippen LogP contribution in [-0.4, -0.2) is 54.7 Å². The molecule has 1 aliphatic rings. The zero-order valence-electron chi connectivity index (χ0n) is 19.3. The van der Waals surface area contributed by atoms with E-state index in [9.17, 15) is 18.4 Å². The number of rotatable bonds is 10. The van der Waals surface area contributed by atoms with Gasteiger partial charge >= 0.3 is 0 Å². The summed E-state index contributed by atoms with van der Waals surface area (Å²) in [4.78, 5) is 16.9. The molecule has 0 radical (unpaired) electrons. The number of ether oxygens (including phenoxy) is 2. The molecule has 2 N–H and O–H groups in total. The lowest BCUT2D eigenvalue weighted by Gasteiger charge is -2.38. The first-order valence-corrected chi connectivity index (χ1v) is 12.4. The van der Waals surface area contributed by atoms with Gasteiger partial charge in [0.25, 0.3) is 5.91 Å². The molecule has 0 spiro atoms. The number of hydrogen-bond donors (Lipinski definition) is 2. The third kappa shape index (κ3) is 6.67. The smallest absolute Gasteiger partial charge is 0.262 e. The van der Waals surface area contributed by atoms with Crippen LogP contribution in [0, 0.1) is 5.92 Å². The molecule has 3 rings (SSSR count). The van der Waals surface area contributed by atoms with E-state index in [1.54, 1.807) is 42.1 Å². The lowest BCUT2D eigenvalue weighted by atomic mass is 9.82.